The molecule has 0 aliphatic heterocycles. The third kappa shape index (κ3) is 9.84. The van der Waals surface area contributed by atoms with Crippen LogP contribution in [0.5, 0.6) is 0 Å². The number of hydrogen-bond donors (Lipinski definition) is 0. The zero-order valence-electron chi connectivity index (χ0n) is 21.2. The lowest BCUT2D eigenvalue weighted by molar-refractivity contribution is -0.144. The van der Waals surface area contributed by atoms with E-state index in [0.717, 1.165) is 18.6 Å². The summed E-state index contributed by atoms with van der Waals surface area (Å²) in [6.45, 7) is 7.78. The third-order valence-corrected chi connectivity index (χ3v) is 5.17. The van der Waals surface area contributed by atoms with Gasteiger partial charge >= 0.3 is 11.9 Å². The van der Waals surface area contributed by atoms with Crippen LogP contribution in [0.2, 0.25) is 0 Å². The molecule has 0 spiro atoms. The highest BCUT2D eigenvalue weighted by Gasteiger charge is 2.21. The molecule has 2 rings (SSSR count). The summed E-state index contributed by atoms with van der Waals surface area (Å²) in [5.41, 5.74) is 0.822. The van der Waals surface area contributed by atoms with Crippen molar-refractivity contribution in [3.63, 3.8) is 0 Å². The minimum Gasteiger partial charge on any atom is -0.466 e. The van der Waals surface area contributed by atoms with Gasteiger partial charge in [-0.15, -0.1) is 0 Å². The average Bonchev–Trinajstić information content (AvgIpc) is 2.83. The molecule has 0 radical (unpaired) electrons. The Morgan fingerprint density at radius 1 is 0.833 bits per heavy atom. The van der Waals surface area contributed by atoms with Crippen molar-refractivity contribution in [1.29, 1.82) is 0 Å². The van der Waals surface area contributed by atoms with Crippen LogP contribution in [0.15, 0.2) is 42.5 Å². The lowest BCUT2D eigenvalue weighted by Crippen LogP contribution is -2.12. The molecule has 0 amide bonds. The van der Waals surface area contributed by atoms with Gasteiger partial charge in [0.25, 0.3) is 0 Å². The van der Waals surface area contributed by atoms with Crippen molar-refractivity contribution >= 4 is 17.5 Å². The number of halogens is 4. The van der Waals surface area contributed by atoms with E-state index in [1.165, 1.54) is 24.3 Å². The lowest BCUT2D eigenvalue weighted by Gasteiger charge is -2.16. The van der Waals surface area contributed by atoms with Crippen molar-refractivity contribution in [1.82, 2.24) is 0 Å². The zero-order valence-corrected chi connectivity index (χ0v) is 21.2. The Hall–Kier alpha value is -3.16. The van der Waals surface area contributed by atoms with Gasteiger partial charge < -0.3 is 9.47 Å². The van der Waals surface area contributed by atoms with Crippen molar-refractivity contribution < 1.29 is 36.6 Å². The molecule has 0 aliphatic carbocycles. The summed E-state index contributed by atoms with van der Waals surface area (Å²) in [5.74, 6) is -4.73. The summed E-state index contributed by atoms with van der Waals surface area (Å²) in [6.07, 6.45) is 3.78. The van der Waals surface area contributed by atoms with Crippen LogP contribution in [0.25, 0.3) is 5.57 Å². The Balaban J connectivity index is 0.000000360. The summed E-state index contributed by atoms with van der Waals surface area (Å²) in [6, 6.07) is 7.99. The van der Waals surface area contributed by atoms with Crippen molar-refractivity contribution in [2.75, 3.05) is 13.2 Å². The van der Waals surface area contributed by atoms with Crippen molar-refractivity contribution in [3.8, 4) is 0 Å². The van der Waals surface area contributed by atoms with Gasteiger partial charge in [-0.05, 0) is 55.9 Å². The molecule has 198 valence electrons. The van der Waals surface area contributed by atoms with Crippen LogP contribution in [-0.4, -0.2) is 25.2 Å². The maximum Gasteiger partial charge on any atom is 0.310 e. The highest BCUT2D eigenvalue weighted by Crippen LogP contribution is 2.29. The summed E-state index contributed by atoms with van der Waals surface area (Å²) in [5, 5.41) is 0. The van der Waals surface area contributed by atoms with Crippen LogP contribution in [0.4, 0.5) is 17.6 Å². The van der Waals surface area contributed by atoms with Gasteiger partial charge in [-0.2, -0.15) is 0 Å². The molecule has 1 unspecified atom stereocenters. The molecule has 0 saturated carbocycles. The quantitative estimate of drug-likeness (QED) is 0.232. The molecule has 8 heteroatoms. The first-order valence-corrected chi connectivity index (χ1v) is 12.1. The Bertz CT molecular complexity index is 1020. The maximum absolute atomic E-state index is 13.7. The minimum atomic E-state index is -0.929. The van der Waals surface area contributed by atoms with E-state index < -0.39 is 29.2 Å². The first-order chi connectivity index (χ1) is 17.2. The number of benzene rings is 2. The Morgan fingerprint density at radius 3 is 2.00 bits per heavy atom. The van der Waals surface area contributed by atoms with E-state index in [4.69, 9.17) is 9.47 Å². The van der Waals surface area contributed by atoms with Gasteiger partial charge in [-0.25, -0.2) is 17.6 Å². The number of carbonyl (C=O) groups excluding carboxylic acids is 2. The third-order valence-electron chi connectivity index (χ3n) is 5.17. The normalized spacial score (nSPS) is 11.8. The molecule has 0 bridgehead atoms. The molecule has 0 aliphatic rings. The molecular weight excluding hydrogens is 476 g/mol. The van der Waals surface area contributed by atoms with Gasteiger partial charge in [-0.1, -0.05) is 50.6 Å². The van der Waals surface area contributed by atoms with E-state index in [0.29, 0.717) is 25.0 Å². The Kier molecular flexibility index (Phi) is 14.1. The molecule has 0 fully saturated rings. The minimum absolute atomic E-state index is 0.0535. The van der Waals surface area contributed by atoms with E-state index in [-0.39, 0.29) is 42.5 Å². The molecule has 1 atom stereocenters. The summed E-state index contributed by atoms with van der Waals surface area (Å²) < 4.78 is 63.3. The van der Waals surface area contributed by atoms with Crippen LogP contribution < -0.4 is 0 Å². The molecule has 0 saturated heterocycles. The largest absolute Gasteiger partial charge is 0.466 e. The molecule has 0 heterocycles. The van der Waals surface area contributed by atoms with Crippen LogP contribution in [-0.2, 0) is 19.1 Å². The SMILES string of the molecule is CC/C=C(\CC(=O)OCC)c1cccc(F)c1F.CCCC(CC(=O)OCC)c1cccc(F)c1F. The van der Waals surface area contributed by atoms with Crippen molar-refractivity contribution in [2.45, 2.75) is 65.7 Å². The second-order valence-electron chi connectivity index (χ2n) is 7.86. The highest BCUT2D eigenvalue weighted by molar-refractivity contribution is 5.85. The zero-order chi connectivity index (χ0) is 27.1. The molecule has 2 aromatic carbocycles. The fraction of sp³-hybridized carbons (Fsp3) is 0.429. The van der Waals surface area contributed by atoms with Crippen LogP contribution in [0.3, 0.4) is 0 Å². The van der Waals surface area contributed by atoms with Crippen LogP contribution >= 0.6 is 0 Å². The number of esters is 2. The monoisotopic (exact) mass is 510 g/mol. The number of carbonyl (C=O) groups is 2. The van der Waals surface area contributed by atoms with Gasteiger partial charge in [0.2, 0.25) is 0 Å². The Labute approximate surface area is 210 Å². The smallest absolute Gasteiger partial charge is 0.310 e. The number of rotatable bonds is 11. The van der Waals surface area contributed by atoms with E-state index in [1.54, 1.807) is 19.9 Å². The maximum atomic E-state index is 13.7. The molecule has 4 nitrogen and oxygen atoms in total. The molecule has 0 aromatic heterocycles. The first kappa shape index (κ1) is 30.9. The molecule has 36 heavy (non-hydrogen) atoms. The van der Waals surface area contributed by atoms with Gasteiger partial charge in [0.15, 0.2) is 23.3 Å². The molecule has 0 N–H and O–H groups in total. The second kappa shape index (κ2) is 16.5. The average molecular weight is 511 g/mol. The Morgan fingerprint density at radius 2 is 1.42 bits per heavy atom. The summed E-state index contributed by atoms with van der Waals surface area (Å²) in [4.78, 5) is 22.9. The highest BCUT2D eigenvalue weighted by atomic mass is 19.2. The van der Waals surface area contributed by atoms with E-state index in [1.807, 2.05) is 13.8 Å². The van der Waals surface area contributed by atoms with E-state index >= 15 is 0 Å². The van der Waals surface area contributed by atoms with Crippen molar-refractivity contribution in [2.24, 2.45) is 0 Å². The van der Waals surface area contributed by atoms with Crippen LogP contribution in [0, 0.1) is 23.3 Å². The number of allylic oxidation sites excluding steroid dienone is 1. The second-order valence-corrected chi connectivity index (χ2v) is 7.86. The van der Waals surface area contributed by atoms with Gasteiger partial charge in [0.1, 0.15) is 0 Å². The summed E-state index contributed by atoms with van der Waals surface area (Å²) in [7, 11) is 0. The summed E-state index contributed by atoms with van der Waals surface area (Å²) >= 11 is 0. The van der Waals surface area contributed by atoms with E-state index in [9.17, 15) is 27.2 Å². The molecular formula is C28H34F4O4. The van der Waals surface area contributed by atoms with Crippen molar-refractivity contribution in [3.05, 3.63) is 76.9 Å². The predicted octanol–water partition coefficient (Wildman–Crippen LogP) is 7.51. The van der Waals surface area contributed by atoms with Gasteiger partial charge in [-0.3, -0.25) is 9.59 Å². The fourth-order valence-electron chi connectivity index (χ4n) is 3.62. The molecule has 2 aromatic rings. The van der Waals surface area contributed by atoms with Crippen LogP contribution in [0.1, 0.15) is 76.8 Å². The fourth-order valence-corrected chi connectivity index (χ4v) is 3.62. The lowest BCUT2D eigenvalue weighted by atomic mass is 9.91. The first-order valence-electron chi connectivity index (χ1n) is 12.1. The standard InChI is InChI=1S/C14H18F2O2.C14H16F2O2/c2*1-3-6-10(9-13(17)18-4-2)11-7-5-8-12(15)14(11)16/h5,7-8,10H,3-4,6,9H2,1-2H3;5-8H,3-4,9H2,1-2H3/b;10-6+. The number of hydrogen-bond acceptors (Lipinski definition) is 4. The van der Waals surface area contributed by atoms with E-state index in [2.05, 4.69) is 0 Å². The van der Waals surface area contributed by atoms with Gasteiger partial charge in [0.05, 0.1) is 26.1 Å². The topological polar surface area (TPSA) is 52.6 Å². The predicted molar refractivity (Wildman–Crippen MR) is 131 cm³/mol. The number of ether oxygens (including phenoxy) is 2. The van der Waals surface area contributed by atoms with Gasteiger partial charge in [0, 0.05) is 5.56 Å².